The lowest BCUT2D eigenvalue weighted by Gasteiger charge is -2.14. The Hall–Kier alpha value is -3.12. The Morgan fingerprint density at radius 2 is 1.79 bits per heavy atom. The molecule has 1 aliphatic rings. The SMILES string of the molecule is Cc1c(C(=O)Nc2ccc(CN3C(=O)CCC3=O)cc2)oc2c(Cl)cccc12. The van der Waals surface area contributed by atoms with Gasteiger partial charge in [-0.05, 0) is 30.7 Å². The number of benzene rings is 2. The lowest BCUT2D eigenvalue weighted by atomic mass is 10.1. The second kappa shape index (κ2) is 7.13. The quantitative estimate of drug-likeness (QED) is 0.667. The van der Waals surface area contributed by atoms with Crippen molar-refractivity contribution in [1.29, 1.82) is 0 Å². The number of hydrogen-bond donors (Lipinski definition) is 1. The van der Waals surface area contributed by atoms with E-state index < -0.39 is 0 Å². The monoisotopic (exact) mass is 396 g/mol. The van der Waals surface area contributed by atoms with Gasteiger partial charge in [0.2, 0.25) is 11.8 Å². The van der Waals surface area contributed by atoms with E-state index in [1.807, 2.05) is 19.1 Å². The number of nitrogens with one attached hydrogen (secondary N) is 1. The molecule has 1 aliphatic heterocycles. The molecule has 0 radical (unpaired) electrons. The number of carbonyl (C=O) groups excluding carboxylic acids is 3. The topological polar surface area (TPSA) is 79.6 Å². The standard InChI is InChI=1S/C21H17ClN2O4/c1-12-15-3-2-4-16(22)20(15)28-19(12)21(27)23-14-7-5-13(6-8-14)11-24-17(25)9-10-18(24)26/h2-8H,9-11H2,1H3,(H,23,27). The number of nitrogens with zero attached hydrogens (tertiary/aromatic N) is 1. The predicted molar refractivity (Wildman–Crippen MR) is 105 cm³/mol. The fourth-order valence-corrected chi connectivity index (χ4v) is 3.50. The maximum Gasteiger partial charge on any atom is 0.291 e. The van der Waals surface area contributed by atoms with Crippen LogP contribution in [0.1, 0.15) is 34.5 Å². The maximum atomic E-state index is 12.6. The molecule has 4 rings (SSSR count). The summed E-state index contributed by atoms with van der Waals surface area (Å²) in [6.45, 7) is 2.05. The molecule has 2 aromatic carbocycles. The minimum absolute atomic E-state index is 0.151. The van der Waals surface area contributed by atoms with E-state index in [4.69, 9.17) is 16.0 Å². The van der Waals surface area contributed by atoms with Gasteiger partial charge in [0, 0.05) is 29.5 Å². The first-order valence-corrected chi connectivity index (χ1v) is 9.23. The number of likely N-dealkylation sites (tertiary alicyclic amines) is 1. The number of imide groups is 1. The summed E-state index contributed by atoms with van der Waals surface area (Å²) < 4.78 is 5.67. The number of hydrogen-bond acceptors (Lipinski definition) is 4. The largest absolute Gasteiger partial charge is 0.449 e. The molecule has 1 saturated heterocycles. The molecule has 0 unspecified atom stereocenters. The van der Waals surface area contributed by atoms with Gasteiger partial charge in [-0.2, -0.15) is 0 Å². The molecule has 0 atom stereocenters. The smallest absolute Gasteiger partial charge is 0.291 e. The molecule has 2 heterocycles. The molecule has 1 fully saturated rings. The summed E-state index contributed by atoms with van der Waals surface area (Å²) in [4.78, 5) is 37.3. The van der Waals surface area contributed by atoms with E-state index in [-0.39, 0.29) is 42.9 Å². The highest BCUT2D eigenvalue weighted by Crippen LogP contribution is 2.31. The van der Waals surface area contributed by atoms with Crippen LogP contribution in [0, 0.1) is 6.92 Å². The van der Waals surface area contributed by atoms with E-state index in [1.54, 1.807) is 30.3 Å². The summed E-state index contributed by atoms with van der Waals surface area (Å²) in [6.07, 6.45) is 0.543. The van der Waals surface area contributed by atoms with Gasteiger partial charge in [-0.1, -0.05) is 35.9 Å². The summed E-state index contributed by atoms with van der Waals surface area (Å²) in [7, 11) is 0. The van der Waals surface area contributed by atoms with Crippen molar-refractivity contribution < 1.29 is 18.8 Å². The van der Waals surface area contributed by atoms with Gasteiger partial charge in [-0.15, -0.1) is 0 Å². The number of fused-ring (bicyclic) bond motifs is 1. The predicted octanol–water partition coefficient (Wildman–Crippen LogP) is 4.30. The fraction of sp³-hybridized carbons (Fsp3) is 0.190. The van der Waals surface area contributed by atoms with E-state index in [9.17, 15) is 14.4 Å². The molecule has 1 aromatic heterocycles. The van der Waals surface area contributed by atoms with Crippen LogP contribution in [0.4, 0.5) is 5.69 Å². The summed E-state index contributed by atoms with van der Waals surface area (Å²) in [5.41, 5.74) is 2.60. The number of aryl methyl sites for hydroxylation is 1. The molecule has 7 heteroatoms. The van der Waals surface area contributed by atoms with Crippen molar-refractivity contribution in [3.05, 3.63) is 64.4 Å². The second-order valence-corrected chi connectivity index (χ2v) is 7.10. The van der Waals surface area contributed by atoms with Crippen molar-refractivity contribution in [1.82, 2.24) is 4.90 Å². The van der Waals surface area contributed by atoms with Gasteiger partial charge in [0.25, 0.3) is 5.91 Å². The lowest BCUT2D eigenvalue weighted by molar-refractivity contribution is -0.139. The maximum absolute atomic E-state index is 12.6. The highest BCUT2D eigenvalue weighted by atomic mass is 35.5. The van der Waals surface area contributed by atoms with Crippen LogP contribution in [0.15, 0.2) is 46.9 Å². The molecular weight excluding hydrogens is 380 g/mol. The van der Waals surface area contributed by atoms with Crippen LogP contribution in [0.25, 0.3) is 11.0 Å². The van der Waals surface area contributed by atoms with Crippen LogP contribution < -0.4 is 5.32 Å². The zero-order chi connectivity index (χ0) is 19.8. The van der Waals surface area contributed by atoms with Crippen LogP contribution in [0.5, 0.6) is 0 Å². The summed E-state index contributed by atoms with van der Waals surface area (Å²) >= 11 is 6.14. The first-order chi connectivity index (χ1) is 13.4. The van der Waals surface area contributed by atoms with Crippen molar-refractivity contribution in [2.24, 2.45) is 0 Å². The van der Waals surface area contributed by atoms with Gasteiger partial charge < -0.3 is 9.73 Å². The number of furan rings is 1. The molecular formula is C21H17ClN2O4. The van der Waals surface area contributed by atoms with Crippen molar-refractivity contribution in [2.45, 2.75) is 26.3 Å². The molecule has 0 saturated carbocycles. The number of halogens is 1. The van der Waals surface area contributed by atoms with Gasteiger partial charge in [0.1, 0.15) is 0 Å². The molecule has 6 nitrogen and oxygen atoms in total. The minimum atomic E-state index is -0.373. The second-order valence-electron chi connectivity index (χ2n) is 6.70. The average Bonchev–Trinajstić information content (AvgIpc) is 3.19. The van der Waals surface area contributed by atoms with Crippen molar-refractivity contribution >= 4 is 46.0 Å². The van der Waals surface area contributed by atoms with E-state index in [2.05, 4.69) is 5.32 Å². The highest BCUT2D eigenvalue weighted by Gasteiger charge is 2.28. The van der Waals surface area contributed by atoms with E-state index in [0.29, 0.717) is 16.3 Å². The third-order valence-electron chi connectivity index (χ3n) is 4.83. The van der Waals surface area contributed by atoms with Gasteiger partial charge >= 0.3 is 0 Å². The number of amides is 3. The van der Waals surface area contributed by atoms with Crippen LogP contribution in [0.3, 0.4) is 0 Å². The highest BCUT2D eigenvalue weighted by molar-refractivity contribution is 6.35. The normalized spacial score (nSPS) is 14.1. The molecule has 3 aromatic rings. The van der Waals surface area contributed by atoms with E-state index in [0.717, 1.165) is 16.5 Å². The molecule has 28 heavy (non-hydrogen) atoms. The van der Waals surface area contributed by atoms with Crippen molar-refractivity contribution in [2.75, 3.05) is 5.32 Å². The molecule has 142 valence electrons. The molecule has 3 amide bonds. The number of carbonyl (C=O) groups is 3. The Morgan fingerprint density at radius 1 is 1.11 bits per heavy atom. The first kappa shape index (κ1) is 18.3. The number of para-hydroxylation sites is 1. The first-order valence-electron chi connectivity index (χ1n) is 8.85. The third kappa shape index (κ3) is 3.27. The Labute approximate surface area is 166 Å². The van der Waals surface area contributed by atoms with Crippen LogP contribution in [-0.2, 0) is 16.1 Å². The summed E-state index contributed by atoms with van der Waals surface area (Å²) in [6, 6.07) is 12.4. The molecule has 1 N–H and O–H groups in total. The van der Waals surface area contributed by atoms with Crippen molar-refractivity contribution in [3.63, 3.8) is 0 Å². The van der Waals surface area contributed by atoms with E-state index >= 15 is 0 Å². The zero-order valence-electron chi connectivity index (χ0n) is 15.1. The van der Waals surface area contributed by atoms with Crippen LogP contribution in [-0.4, -0.2) is 22.6 Å². The molecule has 0 bridgehead atoms. The number of anilines is 1. The zero-order valence-corrected chi connectivity index (χ0v) is 15.9. The summed E-state index contributed by atoms with van der Waals surface area (Å²) in [5.74, 6) is -0.467. The van der Waals surface area contributed by atoms with Gasteiger partial charge in [0.05, 0.1) is 11.6 Å². The Bertz CT molecular complexity index is 1090. The summed E-state index contributed by atoms with van der Waals surface area (Å²) in [5, 5.41) is 4.05. The van der Waals surface area contributed by atoms with Gasteiger partial charge in [-0.3, -0.25) is 19.3 Å². The third-order valence-corrected chi connectivity index (χ3v) is 5.13. The van der Waals surface area contributed by atoms with Crippen molar-refractivity contribution in [3.8, 4) is 0 Å². The Morgan fingerprint density at radius 3 is 2.43 bits per heavy atom. The minimum Gasteiger partial charge on any atom is -0.449 e. The average molecular weight is 397 g/mol. The molecule has 0 aliphatic carbocycles. The van der Waals surface area contributed by atoms with Gasteiger partial charge in [-0.25, -0.2) is 0 Å². The van der Waals surface area contributed by atoms with Gasteiger partial charge in [0.15, 0.2) is 11.3 Å². The Balaban J connectivity index is 1.49. The van der Waals surface area contributed by atoms with Crippen LogP contribution >= 0.6 is 11.6 Å². The van der Waals surface area contributed by atoms with Crippen LogP contribution in [0.2, 0.25) is 5.02 Å². The lowest BCUT2D eigenvalue weighted by Crippen LogP contribution is -2.28. The Kier molecular flexibility index (Phi) is 4.65. The number of rotatable bonds is 4. The van der Waals surface area contributed by atoms with E-state index in [1.165, 1.54) is 4.90 Å². The fourth-order valence-electron chi connectivity index (χ4n) is 3.29. The molecule has 0 spiro atoms.